The van der Waals surface area contributed by atoms with E-state index in [4.69, 9.17) is 9.15 Å². The van der Waals surface area contributed by atoms with Crippen molar-refractivity contribution in [3.63, 3.8) is 0 Å². The van der Waals surface area contributed by atoms with Gasteiger partial charge >= 0.3 is 6.09 Å². The van der Waals surface area contributed by atoms with E-state index in [-0.39, 0.29) is 18.6 Å². The maximum atomic E-state index is 12.3. The van der Waals surface area contributed by atoms with Crippen molar-refractivity contribution in [3.8, 4) is 6.07 Å². The summed E-state index contributed by atoms with van der Waals surface area (Å²) in [5, 5.41) is 15.6. The van der Waals surface area contributed by atoms with E-state index >= 15 is 0 Å². The molecule has 3 heterocycles. The first kappa shape index (κ1) is 21.4. The summed E-state index contributed by atoms with van der Waals surface area (Å²) in [7, 11) is 1.85. The van der Waals surface area contributed by atoms with Crippen LogP contribution in [-0.2, 0) is 36.0 Å². The monoisotopic (exact) mass is 451 g/mol. The van der Waals surface area contributed by atoms with Crippen LogP contribution >= 0.6 is 11.3 Å². The predicted molar refractivity (Wildman–Crippen MR) is 118 cm³/mol. The zero-order chi connectivity index (χ0) is 22.5. The van der Waals surface area contributed by atoms with Gasteiger partial charge in [0.25, 0.3) is 0 Å². The van der Waals surface area contributed by atoms with E-state index in [1.165, 1.54) is 29.9 Å². The van der Waals surface area contributed by atoms with Gasteiger partial charge in [0, 0.05) is 42.4 Å². The maximum absolute atomic E-state index is 12.3. The average molecular weight is 452 g/mol. The predicted octanol–water partition coefficient (Wildman–Crippen LogP) is 3.38. The lowest BCUT2D eigenvalue weighted by Gasteiger charge is -2.22. The molecule has 32 heavy (non-hydrogen) atoms. The number of carbonyl (C=O) groups excluding carboxylic acids is 2. The molecule has 9 nitrogen and oxygen atoms in total. The number of carbonyl (C=O) groups is 2. The first-order chi connectivity index (χ1) is 15.5. The van der Waals surface area contributed by atoms with E-state index in [1.54, 1.807) is 24.5 Å². The van der Waals surface area contributed by atoms with E-state index < -0.39 is 6.09 Å². The Morgan fingerprint density at radius 2 is 2.38 bits per heavy atom. The lowest BCUT2D eigenvalue weighted by atomic mass is 9.94. The highest BCUT2D eigenvalue weighted by Crippen LogP contribution is 2.38. The smallest absolute Gasteiger partial charge is 0.407 e. The molecule has 164 valence electrons. The number of alkyl carbamates (subject to hydrolysis) is 1. The summed E-state index contributed by atoms with van der Waals surface area (Å²) in [4.78, 5) is 29.6. The quantitative estimate of drug-likeness (QED) is 0.554. The zero-order valence-electron chi connectivity index (χ0n) is 17.3. The summed E-state index contributed by atoms with van der Waals surface area (Å²) in [5.41, 5.74) is 2.17. The van der Waals surface area contributed by atoms with Crippen molar-refractivity contribution in [2.24, 2.45) is 7.05 Å². The fourth-order valence-corrected chi connectivity index (χ4v) is 4.73. The van der Waals surface area contributed by atoms with Crippen LogP contribution in [0.25, 0.3) is 6.08 Å². The van der Waals surface area contributed by atoms with Crippen molar-refractivity contribution < 1.29 is 18.7 Å². The van der Waals surface area contributed by atoms with Gasteiger partial charge in [-0.2, -0.15) is 5.26 Å². The lowest BCUT2D eigenvalue weighted by Crippen LogP contribution is -2.32. The van der Waals surface area contributed by atoms with Gasteiger partial charge in [0.2, 0.25) is 5.91 Å². The summed E-state index contributed by atoms with van der Waals surface area (Å²) in [6, 6.07) is 3.94. The molecular weight excluding hydrogens is 430 g/mol. The number of aryl methyl sites for hydroxylation is 1. The first-order valence-corrected chi connectivity index (χ1v) is 10.8. The molecular formula is C22H21N5O4S. The molecule has 1 aliphatic carbocycles. The number of imidazole rings is 1. The van der Waals surface area contributed by atoms with Crippen LogP contribution in [0.2, 0.25) is 0 Å². The van der Waals surface area contributed by atoms with Crippen LogP contribution in [0.15, 0.2) is 41.5 Å². The molecule has 0 aliphatic heterocycles. The topological polar surface area (TPSA) is 122 Å². The molecule has 10 heteroatoms. The van der Waals surface area contributed by atoms with Crippen LogP contribution in [0.5, 0.6) is 0 Å². The largest absolute Gasteiger partial charge is 0.472 e. The summed E-state index contributed by atoms with van der Waals surface area (Å²) in [6.07, 6.45) is 10.5. The van der Waals surface area contributed by atoms with Crippen molar-refractivity contribution in [2.45, 2.75) is 31.9 Å². The molecule has 0 spiro atoms. The number of rotatable bonds is 6. The number of hydrogen-bond acceptors (Lipinski definition) is 7. The second-order valence-electron chi connectivity index (χ2n) is 7.28. The number of fused-ring (bicyclic) bond motifs is 1. The van der Waals surface area contributed by atoms with Crippen molar-refractivity contribution in [1.82, 2.24) is 14.9 Å². The SMILES string of the molecule is Cn1ccnc1CNC(=O)OC1CCc2c(sc(NC(=O)/C=C/c3ccoc3)c2C#N)C1. The second kappa shape index (κ2) is 9.53. The third-order valence-corrected chi connectivity index (χ3v) is 6.29. The molecule has 1 unspecified atom stereocenters. The first-order valence-electron chi connectivity index (χ1n) is 10.00. The van der Waals surface area contributed by atoms with Crippen LogP contribution in [0.3, 0.4) is 0 Å². The molecule has 0 saturated carbocycles. The summed E-state index contributed by atoms with van der Waals surface area (Å²) >= 11 is 1.35. The Morgan fingerprint density at radius 1 is 1.50 bits per heavy atom. The summed E-state index contributed by atoms with van der Waals surface area (Å²) in [6.45, 7) is 0.278. The number of anilines is 1. The molecule has 1 atom stereocenters. The van der Waals surface area contributed by atoms with Crippen LogP contribution in [0.4, 0.5) is 9.80 Å². The number of nitrogens with one attached hydrogen (secondary N) is 2. The minimum absolute atomic E-state index is 0.278. The van der Waals surface area contributed by atoms with E-state index in [0.29, 0.717) is 29.8 Å². The third kappa shape index (κ3) is 4.90. The number of thiophene rings is 1. The Labute approximate surface area is 188 Å². The third-order valence-electron chi connectivity index (χ3n) is 5.12. The van der Waals surface area contributed by atoms with Gasteiger partial charge in [-0.05, 0) is 30.5 Å². The Bertz CT molecular complexity index is 1190. The molecule has 4 rings (SSSR count). The zero-order valence-corrected chi connectivity index (χ0v) is 18.1. The minimum Gasteiger partial charge on any atom is -0.472 e. The molecule has 3 aromatic heterocycles. The van der Waals surface area contributed by atoms with Gasteiger partial charge in [-0.3, -0.25) is 4.79 Å². The molecule has 0 bridgehead atoms. The lowest BCUT2D eigenvalue weighted by molar-refractivity contribution is -0.111. The molecule has 3 aromatic rings. The van der Waals surface area contributed by atoms with Crippen LogP contribution in [-0.4, -0.2) is 27.7 Å². The maximum Gasteiger partial charge on any atom is 0.407 e. The summed E-state index contributed by atoms with van der Waals surface area (Å²) in [5.74, 6) is 0.398. The van der Waals surface area contributed by atoms with Crippen LogP contribution < -0.4 is 10.6 Å². The van der Waals surface area contributed by atoms with Crippen LogP contribution in [0, 0.1) is 11.3 Å². The Balaban J connectivity index is 1.36. The molecule has 0 aromatic carbocycles. The Kier molecular flexibility index (Phi) is 6.37. The van der Waals surface area contributed by atoms with Crippen molar-refractivity contribution in [2.75, 3.05) is 5.32 Å². The Morgan fingerprint density at radius 3 is 3.09 bits per heavy atom. The molecule has 0 fully saturated rings. The molecule has 1 aliphatic rings. The number of nitriles is 1. The van der Waals surface area contributed by atoms with Crippen LogP contribution in [0.1, 0.15) is 33.8 Å². The highest BCUT2D eigenvalue weighted by Gasteiger charge is 2.28. The highest BCUT2D eigenvalue weighted by molar-refractivity contribution is 7.16. The number of nitrogens with zero attached hydrogens (tertiary/aromatic N) is 3. The second-order valence-corrected chi connectivity index (χ2v) is 8.38. The van der Waals surface area contributed by atoms with Gasteiger partial charge in [-0.25, -0.2) is 9.78 Å². The van der Waals surface area contributed by atoms with E-state index in [1.807, 2.05) is 11.6 Å². The van der Waals surface area contributed by atoms with E-state index in [9.17, 15) is 14.9 Å². The van der Waals surface area contributed by atoms with Gasteiger partial charge in [0.15, 0.2) is 0 Å². The number of amides is 2. The average Bonchev–Trinajstić information content (AvgIpc) is 3.50. The summed E-state index contributed by atoms with van der Waals surface area (Å²) < 4.78 is 12.3. The van der Waals surface area contributed by atoms with Crippen molar-refractivity contribution in [1.29, 1.82) is 5.26 Å². The van der Waals surface area contributed by atoms with Gasteiger partial charge in [0.05, 0.1) is 24.6 Å². The standard InChI is InChI=1S/C22H21N5O4S/c1-27-8-7-24-19(27)12-25-22(29)31-15-3-4-16-17(11-23)21(32-18(16)10-15)26-20(28)5-2-14-6-9-30-13-14/h2,5-9,13,15H,3-4,10,12H2,1H3,(H,25,29)(H,26,28)/b5-2+. The van der Waals surface area contributed by atoms with E-state index in [0.717, 1.165) is 21.8 Å². The molecule has 0 radical (unpaired) electrons. The normalized spacial score (nSPS) is 15.2. The van der Waals surface area contributed by atoms with Gasteiger partial charge in [0.1, 0.15) is 23.0 Å². The Hall–Kier alpha value is -3.84. The molecule has 2 amide bonds. The number of aromatic nitrogens is 2. The van der Waals surface area contributed by atoms with Crippen molar-refractivity contribution in [3.05, 3.63) is 64.5 Å². The minimum atomic E-state index is -0.503. The number of hydrogen-bond donors (Lipinski definition) is 2. The van der Waals surface area contributed by atoms with Crippen molar-refractivity contribution >= 4 is 34.4 Å². The number of furan rings is 1. The molecule has 0 saturated heterocycles. The van der Waals surface area contributed by atoms with E-state index in [2.05, 4.69) is 21.7 Å². The van der Waals surface area contributed by atoms with Gasteiger partial charge < -0.3 is 24.4 Å². The number of ether oxygens (including phenoxy) is 1. The van der Waals surface area contributed by atoms with Gasteiger partial charge in [-0.1, -0.05) is 0 Å². The van der Waals surface area contributed by atoms with Gasteiger partial charge in [-0.15, -0.1) is 11.3 Å². The fraction of sp³-hybridized carbons (Fsp3) is 0.273. The molecule has 2 N–H and O–H groups in total. The fourth-order valence-electron chi connectivity index (χ4n) is 3.47. The highest BCUT2D eigenvalue weighted by atomic mass is 32.1.